The van der Waals surface area contributed by atoms with E-state index in [1.54, 1.807) is 6.07 Å². The van der Waals surface area contributed by atoms with Gasteiger partial charge in [-0.05, 0) is 80.4 Å². The van der Waals surface area contributed by atoms with E-state index < -0.39 is 24.0 Å². The molecule has 0 radical (unpaired) electrons. The van der Waals surface area contributed by atoms with Crippen molar-refractivity contribution in [3.8, 4) is 11.1 Å². The molecule has 2 aliphatic heterocycles. The van der Waals surface area contributed by atoms with Crippen LogP contribution in [0.25, 0.3) is 11.1 Å². The van der Waals surface area contributed by atoms with Crippen molar-refractivity contribution in [1.29, 1.82) is 0 Å². The number of aliphatic hydroxyl groups is 1. The van der Waals surface area contributed by atoms with Crippen LogP contribution in [0.15, 0.2) is 35.6 Å². The van der Waals surface area contributed by atoms with Gasteiger partial charge in [-0.1, -0.05) is 31.8 Å². The third kappa shape index (κ3) is 7.21. The van der Waals surface area contributed by atoms with Crippen LogP contribution in [0.5, 0.6) is 0 Å². The first kappa shape index (κ1) is 33.2. The minimum Gasteiger partial charge on any atom is -0.396 e. The third-order valence-corrected chi connectivity index (χ3v) is 12.7. The van der Waals surface area contributed by atoms with Gasteiger partial charge in [-0.2, -0.15) is 13.7 Å². The molecule has 2 saturated heterocycles. The van der Waals surface area contributed by atoms with Gasteiger partial charge in [0, 0.05) is 64.2 Å². The number of pyridine rings is 1. The van der Waals surface area contributed by atoms with Gasteiger partial charge in [0.15, 0.2) is 0 Å². The Labute approximate surface area is 272 Å². The molecule has 3 aliphatic rings. The number of nitrogens with zero attached hydrogens (tertiary/aromatic N) is 6. The van der Waals surface area contributed by atoms with Gasteiger partial charge in [0.1, 0.15) is 6.73 Å². The number of halogens is 1. The lowest BCUT2D eigenvalue weighted by atomic mass is 9.81. The number of sulfonamides is 1. The van der Waals surface area contributed by atoms with E-state index in [9.17, 15) is 12.8 Å². The van der Waals surface area contributed by atoms with Crippen LogP contribution in [0.2, 0.25) is 25.7 Å². The number of benzene rings is 1. The van der Waals surface area contributed by atoms with E-state index in [0.717, 1.165) is 81.0 Å². The zero-order chi connectivity index (χ0) is 32.5. The number of aliphatic hydroxyl groups excluding tert-OH is 1. The number of rotatable bonds is 14. The summed E-state index contributed by atoms with van der Waals surface area (Å²) in [6.45, 7) is 11.2. The second-order valence-corrected chi connectivity index (χ2v) is 21.7. The minimum atomic E-state index is -3.94. The highest BCUT2D eigenvalue weighted by molar-refractivity contribution is 7.89. The zero-order valence-corrected chi connectivity index (χ0v) is 29.0. The zero-order valence-electron chi connectivity index (χ0n) is 27.1. The van der Waals surface area contributed by atoms with E-state index in [0.29, 0.717) is 25.3 Å². The van der Waals surface area contributed by atoms with Crippen molar-refractivity contribution >= 4 is 29.7 Å². The molecule has 0 saturated carbocycles. The lowest BCUT2D eigenvalue weighted by Crippen LogP contribution is -2.59. The van der Waals surface area contributed by atoms with E-state index in [1.807, 2.05) is 6.07 Å². The average Bonchev–Trinajstić information content (AvgIpc) is 3.73. The fraction of sp³-hybridized carbons (Fsp3) is 0.594. The molecule has 6 rings (SSSR count). The first-order chi connectivity index (χ1) is 22.0. The van der Waals surface area contributed by atoms with Gasteiger partial charge in [0.05, 0.1) is 5.69 Å². The molecule has 11 nitrogen and oxygen atoms in total. The molecule has 3 aromatic rings. The molecule has 0 amide bonds. The second-order valence-electron chi connectivity index (χ2n) is 14.3. The average molecular weight is 672 g/mol. The summed E-state index contributed by atoms with van der Waals surface area (Å²) in [6.07, 6.45) is 6.90. The Bertz CT molecular complexity index is 1660. The number of aryl methyl sites for hydroxylation is 1. The molecule has 0 atom stereocenters. The van der Waals surface area contributed by atoms with Gasteiger partial charge in [-0.15, -0.1) is 5.10 Å². The van der Waals surface area contributed by atoms with Crippen molar-refractivity contribution in [2.75, 3.05) is 51.3 Å². The topological polar surface area (TPSA) is 126 Å². The number of anilines is 2. The summed E-state index contributed by atoms with van der Waals surface area (Å²) in [5, 5.41) is 16.8. The number of ether oxygens (including phenoxy) is 1. The van der Waals surface area contributed by atoms with Crippen molar-refractivity contribution in [1.82, 2.24) is 29.0 Å². The molecule has 2 fully saturated rings. The summed E-state index contributed by atoms with van der Waals surface area (Å²) in [5.74, 6) is -0.298. The number of hydrogen-bond acceptors (Lipinski definition) is 9. The summed E-state index contributed by atoms with van der Waals surface area (Å²) in [4.78, 5) is 10.7. The fourth-order valence-electron chi connectivity index (χ4n) is 6.79. The number of unbranched alkanes of at least 4 members (excludes halogenated alkanes) is 1. The molecular formula is C32H46FN7O4SSi. The number of likely N-dealkylation sites (tertiary alicyclic amines) is 1. The Balaban J connectivity index is 1.26. The van der Waals surface area contributed by atoms with Crippen LogP contribution in [0, 0.1) is 11.4 Å². The molecule has 14 heteroatoms. The van der Waals surface area contributed by atoms with Gasteiger partial charge in [-0.25, -0.2) is 18.1 Å². The highest BCUT2D eigenvalue weighted by atomic mass is 32.2. The van der Waals surface area contributed by atoms with Gasteiger partial charge in [-0.3, -0.25) is 0 Å². The Kier molecular flexibility index (Phi) is 9.66. The Hall–Kier alpha value is -2.75. The predicted octanol–water partition coefficient (Wildman–Crippen LogP) is 4.49. The maximum Gasteiger partial charge on any atom is 0.284 e. The van der Waals surface area contributed by atoms with Crippen molar-refractivity contribution in [3.63, 3.8) is 0 Å². The molecule has 0 unspecified atom stereocenters. The molecule has 250 valence electrons. The van der Waals surface area contributed by atoms with Gasteiger partial charge >= 0.3 is 0 Å². The van der Waals surface area contributed by atoms with Crippen molar-refractivity contribution in [2.24, 2.45) is 5.41 Å². The summed E-state index contributed by atoms with van der Waals surface area (Å²) >= 11 is 0. The van der Waals surface area contributed by atoms with Crippen LogP contribution < -0.4 is 5.32 Å². The monoisotopic (exact) mass is 671 g/mol. The van der Waals surface area contributed by atoms with E-state index >= 15 is 0 Å². The van der Waals surface area contributed by atoms with Gasteiger partial charge < -0.3 is 20.1 Å². The molecule has 1 aliphatic carbocycles. The second kappa shape index (κ2) is 13.4. The van der Waals surface area contributed by atoms with E-state index in [1.165, 1.54) is 26.8 Å². The van der Waals surface area contributed by atoms with Crippen LogP contribution in [0.3, 0.4) is 0 Å². The normalized spacial score (nSPS) is 18.3. The van der Waals surface area contributed by atoms with Crippen molar-refractivity contribution in [2.45, 2.75) is 76.1 Å². The van der Waals surface area contributed by atoms with Crippen LogP contribution in [-0.2, 0) is 34.3 Å². The standard InChI is InChI=1S/C32H46FN7O4SSi/c1-46(2,3)18-17-44-23-40-30(35-29-26-8-6-7-24(26)9-10-27(29)25-11-13-34-28(33)19-25)36-31(37-40)45(42,43)39-21-32(22-39)12-15-38(20-32)14-4-5-16-41/h9-11,13,19,41H,4-8,12,14-18,20-23H2,1-3H3,(H,35,36,37). The summed E-state index contributed by atoms with van der Waals surface area (Å²) < 4.78 is 51.0. The minimum absolute atomic E-state index is 0.0464. The largest absolute Gasteiger partial charge is 0.396 e. The van der Waals surface area contributed by atoms with Crippen LogP contribution in [0.4, 0.5) is 16.0 Å². The number of fused-ring (bicyclic) bond motifs is 1. The van der Waals surface area contributed by atoms with E-state index in [2.05, 4.69) is 51.0 Å². The first-order valence-corrected chi connectivity index (χ1v) is 21.5. The van der Waals surface area contributed by atoms with Crippen molar-refractivity contribution in [3.05, 3.63) is 47.5 Å². The lowest BCUT2D eigenvalue weighted by molar-refractivity contribution is 0.0750. The predicted molar refractivity (Wildman–Crippen MR) is 178 cm³/mol. The highest BCUT2D eigenvalue weighted by Gasteiger charge is 2.52. The molecule has 0 bridgehead atoms. The number of hydrogen-bond donors (Lipinski definition) is 2. The van der Waals surface area contributed by atoms with Gasteiger partial charge in [0.25, 0.3) is 15.2 Å². The Morgan fingerprint density at radius 2 is 1.96 bits per heavy atom. The molecule has 2 N–H and O–H groups in total. The Morgan fingerprint density at radius 3 is 2.72 bits per heavy atom. The van der Waals surface area contributed by atoms with E-state index in [4.69, 9.17) is 9.84 Å². The molecule has 46 heavy (non-hydrogen) atoms. The van der Waals surface area contributed by atoms with Crippen LogP contribution >= 0.6 is 0 Å². The molecule has 1 spiro atoms. The maximum absolute atomic E-state index is 14.2. The lowest BCUT2D eigenvalue weighted by Gasteiger charge is -2.46. The van der Waals surface area contributed by atoms with Gasteiger partial charge in [0.2, 0.25) is 11.9 Å². The summed E-state index contributed by atoms with van der Waals surface area (Å²) in [7, 11) is -5.28. The first-order valence-electron chi connectivity index (χ1n) is 16.4. The van der Waals surface area contributed by atoms with Crippen molar-refractivity contribution < 1.29 is 22.7 Å². The fourth-order valence-corrected chi connectivity index (χ4v) is 9.06. The maximum atomic E-state index is 14.2. The summed E-state index contributed by atoms with van der Waals surface area (Å²) in [5.41, 5.74) is 4.50. The Morgan fingerprint density at radius 1 is 1.13 bits per heavy atom. The quantitative estimate of drug-likeness (QED) is 0.145. The smallest absolute Gasteiger partial charge is 0.284 e. The highest BCUT2D eigenvalue weighted by Crippen LogP contribution is 2.43. The molecule has 1 aromatic carbocycles. The summed E-state index contributed by atoms with van der Waals surface area (Å²) in [6, 6.07) is 8.18. The van der Waals surface area contributed by atoms with E-state index in [-0.39, 0.29) is 29.9 Å². The third-order valence-electron chi connectivity index (χ3n) is 9.41. The molecular weight excluding hydrogens is 626 g/mol. The SMILES string of the molecule is C[Si](C)(C)CCOCn1nc(S(=O)(=O)N2CC3(CCN(CCCCO)C3)C2)nc1Nc1c(-c2ccnc(F)c2)ccc2c1CCC2. The van der Waals surface area contributed by atoms with Crippen LogP contribution in [0.1, 0.15) is 36.8 Å². The molecule has 2 aromatic heterocycles. The van der Waals surface area contributed by atoms with Crippen LogP contribution in [-0.4, -0.2) is 96.5 Å². The number of aromatic nitrogens is 4. The number of nitrogens with one attached hydrogen (secondary N) is 1. The molecule has 4 heterocycles.